The van der Waals surface area contributed by atoms with Gasteiger partial charge in [0.25, 0.3) is 0 Å². The van der Waals surface area contributed by atoms with Crippen LogP contribution in [-0.4, -0.2) is 26.2 Å². The molecule has 10 heavy (non-hydrogen) atoms. The molecule has 0 aromatic heterocycles. The first-order chi connectivity index (χ1) is 4.81. The van der Waals surface area contributed by atoms with E-state index in [1.807, 2.05) is 7.05 Å². The van der Waals surface area contributed by atoms with Gasteiger partial charge in [0.05, 0.1) is 0 Å². The van der Waals surface area contributed by atoms with Crippen LogP contribution in [0, 0.1) is 0 Å². The van der Waals surface area contributed by atoms with Crippen LogP contribution in [0.3, 0.4) is 0 Å². The molecule has 0 aromatic rings. The Morgan fingerprint density at radius 2 is 2.10 bits per heavy atom. The maximum atomic E-state index is 5.61. The zero-order valence-electron chi connectivity index (χ0n) is 6.77. The number of rotatable bonds is 6. The van der Waals surface area contributed by atoms with Gasteiger partial charge in [-0.3, -0.25) is 0 Å². The van der Waals surface area contributed by atoms with E-state index in [2.05, 4.69) is 5.32 Å². The lowest BCUT2D eigenvalue weighted by molar-refractivity contribution is 0.560. The first kappa shape index (κ1) is 9.88. The van der Waals surface area contributed by atoms with Crippen molar-refractivity contribution in [3.63, 3.8) is 0 Å². The van der Waals surface area contributed by atoms with Crippen LogP contribution in [0.5, 0.6) is 0 Å². The molecule has 5 N–H and O–H groups in total. The van der Waals surface area contributed by atoms with Gasteiger partial charge in [-0.05, 0) is 26.4 Å². The van der Waals surface area contributed by atoms with E-state index < -0.39 is 0 Å². The van der Waals surface area contributed by atoms with Gasteiger partial charge in [0, 0.05) is 12.6 Å². The fraction of sp³-hybridized carbons (Fsp3) is 1.00. The lowest BCUT2D eigenvalue weighted by Gasteiger charge is -2.06. The van der Waals surface area contributed by atoms with Crippen LogP contribution < -0.4 is 16.8 Å². The summed E-state index contributed by atoms with van der Waals surface area (Å²) in [5.41, 5.74) is 11.0. The van der Waals surface area contributed by atoms with Crippen molar-refractivity contribution in [3.8, 4) is 0 Å². The molecule has 0 amide bonds. The summed E-state index contributed by atoms with van der Waals surface area (Å²) in [6, 6.07) is 0.205. The minimum atomic E-state index is 0.205. The highest BCUT2D eigenvalue weighted by Gasteiger charge is 1.96. The van der Waals surface area contributed by atoms with Crippen molar-refractivity contribution in [1.29, 1.82) is 0 Å². The minimum absolute atomic E-state index is 0.205. The minimum Gasteiger partial charge on any atom is -0.329 e. The Kier molecular flexibility index (Phi) is 6.91. The van der Waals surface area contributed by atoms with Gasteiger partial charge in [0.15, 0.2) is 0 Å². The van der Waals surface area contributed by atoms with E-state index in [0.717, 1.165) is 13.0 Å². The van der Waals surface area contributed by atoms with Gasteiger partial charge >= 0.3 is 0 Å². The van der Waals surface area contributed by atoms with Gasteiger partial charge in [-0.15, -0.1) is 0 Å². The van der Waals surface area contributed by atoms with Crippen molar-refractivity contribution in [3.05, 3.63) is 0 Å². The molecule has 0 aliphatic rings. The molecule has 0 aliphatic carbocycles. The Balaban J connectivity index is 2.89. The van der Waals surface area contributed by atoms with E-state index in [1.165, 1.54) is 12.8 Å². The molecular formula is C7H19N3. The highest BCUT2D eigenvalue weighted by molar-refractivity contribution is 4.60. The van der Waals surface area contributed by atoms with Crippen LogP contribution in [0.4, 0.5) is 0 Å². The first-order valence-corrected chi connectivity index (χ1v) is 3.91. The predicted molar refractivity (Wildman–Crippen MR) is 44.8 cm³/mol. The Morgan fingerprint density at radius 3 is 2.60 bits per heavy atom. The van der Waals surface area contributed by atoms with Gasteiger partial charge in [0.2, 0.25) is 0 Å². The van der Waals surface area contributed by atoms with Crippen LogP contribution in [0.1, 0.15) is 19.3 Å². The maximum absolute atomic E-state index is 5.61. The highest BCUT2D eigenvalue weighted by atomic mass is 14.8. The molecule has 0 aliphatic heterocycles. The Morgan fingerprint density at radius 1 is 1.40 bits per heavy atom. The van der Waals surface area contributed by atoms with Crippen molar-refractivity contribution in [2.24, 2.45) is 11.5 Å². The lowest BCUT2D eigenvalue weighted by atomic mass is 10.1. The smallest absolute Gasteiger partial charge is 0.0163 e. The van der Waals surface area contributed by atoms with Crippen molar-refractivity contribution in [2.45, 2.75) is 25.3 Å². The van der Waals surface area contributed by atoms with Crippen LogP contribution in [0.25, 0.3) is 0 Å². The zero-order valence-corrected chi connectivity index (χ0v) is 6.77. The standard InChI is InChI=1S/C7H19N3/c1-10-5-3-2-4-7(9)6-8/h7,10H,2-6,8-9H2,1H3/t7-/m0/s1. The topological polar surface area (TPSA) is 64.1 Å². The van der Waals surface area contributed by atoms with E-state index >= 15 is 0 Å². The normalized spacial score (nSPS) is 13.5. The second-order valence-electron chi connectivity index (χ2n) is 2.60. The number of hydrogen-bond acceptors (Lipinski definition) is 3. The molecule has 1 atom stereocenters. The number of hydrogen-bond donors (Lipinski definition) is 3. The first-order valence-electron chi connectivity index (χ1n) is 3.91. The quantitative estimate of drug-likeness (QED) is 0.448. The molecule has 0 rings (SSSR count). The van der Waals surface area contributed by atoms with Crippen molar-refractivity contribution >= 4 is 0 Å². The molecule has 0 heterocycles. The van der Waals surface area contributed by atoms with E-state index in [9.17, 15) is 0 Å². The molecule has 0 bridgehead atoms. The second kappa shape index (κ2) is 6.99. The molecule has 0 fully saturated rings. The van der Waals surface area contributed by atoms with E-state index in [1.54, 1.807) is 0 Å². The number of nitrogens with two attached hydrogens (primary N) is 2. The van der Waals surface area contributed by atoms with Gasteiger partial charge in [-0.25, -0.2) is 0 Å². The molecule has 3 nitrogen and oxygen atoms in total. The highest BCUT2D eigenvalue weighted by Crippen LogP contribution is 1.95. The zero-order chi connectivity index (χ0) is 7.82. The fourth-order valence-electron chi connectivity index (χ4n) is 0.826. The lowest BCUT2D eigenvalue weighted by Crippen LogP contribution is -2.29. The third-order valence-corrected chi connectivity index (χ3v) is 1.55. The third-order valence-electron chi connectivity index (χ3n) is 1.55. The summed E-state index contributed by atoms with van der Waals surface area (Å²) in [6.45, 7) is 1.69. The van der Waals surface area contributed by atoms with Crippen LogP contribution in [0.2, 0.25) is 0 Å². The number of unbranched alkanes of at least 4 members (excludes halogenated alkanes) is 1. The summed E-state index contributed by atoms with van der Waals surface area (Å²) < 4.78 is 0. The Bertz CT molecular complexity index is 65.9. The molecule has 0 unspecified atom stereocenters. The summed E-state index contributed by atoms with van der Waals surface area (Å²) in [5.74, 6) is 0. The third kappa shape index (κ3) is 6.01. The Hall–Kier alpha value is -0.120. The monoisotopic (exact) mass is 145 g/mol. The molecule has 0 spiro atoms. The Labute approximate surface area is 63.2 Å². The van der Waals surface area contributed by atoms with Gasteiger partial charge in [-0.2, -0.15) is 0 Å². The second-order valence-corrected chi connectivity index (χ2v) is 2.60. The van der Waals surface area contributed by atoms with Crippen molar-refractivity contribution < 1.29 is 0 Å². The summed E-state index contributed by atoms with van der Waals surface area (Å²) in [6.07, 6.45) is 3.43. The van der Waals surface area contributed by atoms with Gasteiger partial charge in [-0.1, -0.05) is 6.42 Å². The molecular weight excluding hydrogens is 126 g/mol. The van der Waals surface area contributed by atoms with Crippen molar-refractivity contribution in [2.75, 3.05) is 20.1 Å². The van der Waals surface area contributed by atoms with E-state index in [4.69, 9.17) is 11.5 Å². The summed E-state index contributed by atoms with van der Waals surface area (Å²) in [7, 11) is 1.96. The van der Waals surface area contributed by atoms with Gasteiger partial charge in [0.1, 0.15) is 0 Å². The van der Waals surface area contributed by atoms with Crippen LogP contribution in [-0.2, 0) is 0 Å². The van der Waals surface area contributed by atoms with E-state index in [-0.39, 0.29) is 6.04 Å². The van der Waals surface area contributed by atoms with Crippen LogP contribution in [0.15, 0.2) is 0 Å². The largest absolute Gasteiger partial charge is 0.329 e. The van der Waals surface area contributed by atoms with E-state index in [0.29, 0.717) is 6.54 Å². The van der Waals surface area contributed by atoms with Gasteiger partial charge < -0.3 is 16.8 Å². The summed E-state index contributed by atoms with van der Waals surface area (Å²) >= 11 is 0. The molecule has 3 heteroatoms. The average molecular weight is 145 g/mol. The molecule has 0 radical (unpaired) electrons. The van der Waals surface area contributed by atoms with Crippen molar-refractivity contribution in [1.82, 2.24) is 5.32 Å². The fourth-order valence-corrected chi connectivity index (χ4v) is 0.826. The maximum Gasteiger partial charge on any atom is 0.0163 e. The molecule has 0 saturated heterocycles. The van der Waals surface area contributed by atoms with Crippen LogP contribution >= 0.6 is 0 Å². The molecule has 0 saturated carbocycles. The SMILES string of the molecule is CNCCCC[C@H](N)CN. The molecule has 0 aromatic carbocycles. The predicted octanol–water partition coefficient (Wildman–Crippen LogP) is -0.338. The summed E-state index contributed by atoms with van der Waals surface area (Å²) in [5, 5.41) is 3.09. The number of nitrogens with one attached hydrogen (secondary N) is 1. The molecule has 62 valence electrons. The average Bonchev–Trinajstić information content (AvgIpc) is 1.98. The summed E-state index contributed by atoms with van der Waals surface area (Å²) in [4.78, 5) is 0.